The number of carbonyl (C=O) groups excluding carboxylic acids is 2. The zero-order valence-corrected chi connectivity index (χ0v) is 19.3. The molecule has 9 heteroatoms. The van der Waals surface area contributed by atoms with Gasteiger partial charge in [-0.2, -0.15) is 0 Å². The number of hydrogen-bond donors (Lipinski definition) is 2. The Labute approximate surface area is 190 Å². The number of carbonyl (C=O) groups is 2. The number of nitrogens with one attached hydrogen (secondary N) is 2. The number of amides is 2. The molecule has 2 amide bonds. The number of aromatic nitrogens is 3. The van der Waals surface area contributed by atoms with Gasteiger partial charge in [-0.15, -0.1) is 11.3 Å². The quantitative estimate of drug-likeness (QED) is 0.544. The molecule has 3 aromatic heterocycles. The number of imidazole rings is 1. The van der Waals surface area contributed by atoms with Gasteiger partial charge in [0, 0.05) is 42.8 Å². The van der Waals surface area contributed by atoms with Gasteiger partial charge in [0.15, 0.2) is 4.96 Å². The molecule has 1 saturated carbocycles. The summed E-state index contributed by atoms with van der Waals surface area (Å²) in [6, 6.07) is 0.198. The molecule has 3 aromatic rings. The highest BCUT2D eigenvalue weighted by atomic mass is 32.1. The van der Waals surface area contributed by atoms with Crippen LogP contribution in [0, 0.1) is 5.92 Å². The van der Waals surface area contributed by atoms with Gasteiger partial charge in [-0.3, -0.25) is 18.8 Å². The molecule has 1 aliphatic rings. The first kappa shape index (κ1) is 22.3. The minimum Gasteiger partial charge on any atom is -0.352 e. The van der Waals surface area contributed by atoms with Crippen molar-refractivity contribution < 1.29 is 9.59 Å². The molecule has 170 valence electrons. The Bertz CT molecular complexity index is 1140. The Hall–Kier alpha value is -2.94. The summed E-state index contributed by atoms with van der Waals surface area (Å²) in [7, 11) is 0. The van der Waals surface area contributed by atoms with Gasteiger partial charge < -0.3 is 15.2 Å². The van der Waals surface area contributed by atoms with Crippen molar-refractivity contribution in [1.29, 1.82) is 0 Å². The van der Waals surface area contributed by atoms with Crippen LogP contribution < -0.4 is 16.1 Å². The third-order valence-electron chi connectivity index (χ3n) is 5.86. The fraction of sp³-hybridized carbons (Fsp3) is 0.478. The van der Waals surface area contributed by atoms with E-state index in [1.165, 1.54) is 11.3 Å². The SMILES string of the molecule is CC(C)CCNC(=O)c1cn(C2CCCC2)cc(C(=O)NCc2cn3ccsc3n2)c1=O. The summed E-state index contributed by atoms with van der Waals surface area (Å²) in [5.41, 5.74) is 0.193. The minimum absolute atomic E-state index is 0.00516. The molecule has 32 heavy (non-hydrogen) atoms. The fourth-order valence-electron chi connectivity index (χ4n) is 4.03. The average molecular weight is 456 g/mol. The molecule has 0 saturated heterocycles. The summed E-state index contributed by atoms with van der Waals surface area (Å²) in [4.78, 5) is 44.1. The van der Waals surface area contributed by atoms with Crippen molar-refractivity contribution in [1.82, 2.24) is 24.6 Å². The Morgan fingerprint density at radius 3 is 2.47 bits per heavy atom. The molecule has 0 aromatic carbocycles. The maximum Gasteiger partial charge on any atom is 0.257 e. The Balaban J connectivity index is 1.56. The van der Waals surface area contributed by atoms with Gasteiger partial charge in [0.2, 0.25) is 5.43 Å². The number of fused-ring (bicyclic) bond motifs is 1. The summed E-state index contributed by atoms with van der Waals surface area (Å²) < 4.78 is 3.77. The number of hydrogen-bond acceptors (Lipinski definition) is 5. The lowest BCUT2D eigenvalue weighted by Crippen LogP contribution is -2.36. The van der Waals surface area contributed by atoms with Gasteiger partial charge in [-0.05, 0) is 25.2 Å². The van der Waals surface area contributed by atoms with Crippen molar-refractivity contribution in [2.24, 2.45) is 5.92 Å². The molecule has 0 bridgehead atoms. The lowest BCUT2D eigenvalue weighted by molar-refractivity contribution is 0.0947. The van der Waals surface area contributed by atoms with E-state index in [4.69, 9.17) is 0 Å². The van der Waals surface area contributed by atoms with E-state index in [0.717, 1.165) is 37.1 Å². The largest absolute Gasteiger partial charge is 0.352 e. The van der Waals surface area contributed by atoms with Gasteiger partial charge in [-0.25, -0.2) is 4.98 Å². The highest BCUT2D eigenvalue weighted by Gasteiger charge is 2.23. The lowest BCUT2D eigenvalue weighted by Gasteiger charge is -2.17. The molecular weight excluding hydrogens is 426 g/mol. The third-order valence-corrected chi connectivity index (χ3v) is 6.63. The van der Waals surface area contributed by atoms with E-state index >= 15 is 0 Å². The topological polar surface area (TPSA) is 97.5 Å². The van der Waals surface area contributed by atoms with Gasteiger partial charge in [-0.1, -0.05) is 26.7 Å². The van der Waals surface area contributed by atoms with Crippen LogP contribution in [-0.2, 0) is 6.54 Å². The molecule has 0 aliphatic heterocycles. The van der Waals surface area contributed by atoms with Gasteiger partial charge >= 0.3 is 0 Å². The van der Waals surface area contributed by atoms with Crippen LogP contribution in [0.4, 0.5) is 0 Å². The molecule has 0 radical (unpaired) electrons. The van der Waals surface area contributed by atoms with Crippen LogP contribution in [0.5, 0.6) is 0 Å². The Morgan fingerprint density at radius 1 is 1.12 bits per heavy atom. The van der Waals surface area contributed by atoms with Gasteiger partial charge in [0.25, 0.3) is 11.8 Å². The number of pyridine rings is 1. The molecular formula is C23H29N5O3S. The van der Waals surface area contributed by atoms with E-state index in [1.54, 1.807) is 12.4 Å². The molecule has 3 heterocycles. The number of thiazole rings is 1. The van der Waals surface area contributed by atoms with E-state index in [1.807, 2.05) is 26.7 Å². The maximum atomic E-state index is 13.1. The summed E-state index contributed by atoms with van der Waals surface area (Å²) >= 11 is 1.51. The van der Waals surface area contributed by atoms with Crippen LogP contribution >= 0.6 is 11.3 Å². The van der Waals surface area contributed by atoms with Crippen LogP contribution in [0.2, 0.25) is 0 Å². The predicted octanol–water partition coefficient (Wildman–Crippen LogP) is 3.38. The molecule has 8 nitrogen and oxygen atoms in total. The lowest BCUT2D eigenvalue weighted by atomic mass is 10.1. The van der Waals surface area contributed by atoms with Crippen molar-refractivity contribution >= 4 is 28.1 Å². The Morgan fingerprint density at radius 2 is 1.81 bits per heavy atom. The van der Waals surface area contributed by atoms with Crippen LogP contribution in [-0.4, -0.2) is 32.3 Å². The Kier molecular flexibility index (Phi) is 6.74. The van der Waals surface area contributed by atoms with Gasteiger partial charge in [0.1, 0.15) is 11.1 Å². The zero-order chi connectivity index (χ0) is 22.7. The van der Waals surface area contributed by atoms with E-state index < -0.39 is 17.2 Å². The molecule has 0 unspecified atom stereocenters. The molecule has 0 atom stereocenters. The van der Waals surface area contributed by atoms with Crippen LogP contribution in [0.1, 0.15) is 78.4 Å². The number of rotatable bonds is 8. The molecule has 1 fully saturated rings. The summed E-state index contributed by atoms with van der Waals surface area (Å²) in [5.74, 6) is -0.470. The standard InChI is InChI=1S/C23H29N5O3S/c1-15(2)7-8-24-21(30)18-13-28(17-5-3-4-6-17)14-19(20(18)29)22(31)25-11-16-12-27-9-10-32-23(27)26-16/h9-10,12-15,17H,3-8,11H2,1-2H3,(H,24,30)(H,25,31). The second kappa shape index (κ2) is 9.68. The maximum absolute atomic E-state index is 13.1. The van der Waals surface area contributed by atoms with Crippen molar-refractivity contribution in [2.75, 3.05) is 6.54 Å². The first-order valence-corrected chi connectivity index (χ1v) is 12.0. The molecule has 4 rings (SSSR count). The highest BCUT2D eigenvalue weighted by Crippen LogP contribution is 2.29. The van der Waals surface area contributed by atoms with Gasteiger partial charge in [0.05, 0.1) is 12.2 Å². The third kappa shape index (κ3) is 4.93. The molecule has 0 spiro atoms. The minimum atomic E-state index is -0.537. The van der Waals surface area contributed by atoms with Crippen molar-refractivity contribution in [3.05, 3.63) is 57.2 Å². The summed E-state index contributed by atoms with van der Waals surface area (Å²) in [6.07, 6.45) is 11.9. The highest BCUT2D eigenvalue weighted by molar-refractivity contribution is 7.15. The molecule has 1 aliphatic carbocycles. The second-order valence-electron chi connectivity index (χ2n) is 8.75. The first-order chi connectivity index (χ1) is 15.4. The second-order valence-corrected chi connectivity index (χ2v) is 9.62. The van der Waals surface area contributed by atoms with Crippen LogP contribution in [0.15, 0.2) is 35.0 Å². The summed E-state index contributed by atoms with van der Waals surface area (Å²) in [6.45, 7) is 4.86. The van der Waals surface area contributed by atoms with E-state index in [-0.39, 0.29) is 23.7 Å². The normalized spacial score (nSPS) is 14.3. The van der Waals surface area contributed by atoms with E-state index in [2.05, 4.69) is 29.5 Å². The van der Waals surface area contributed by atoms with E-state index in [9.17, 15) is 14.4 Å². The smallest absolute Gasteiger partial charge is 0.257 e. The molecule has 2 N–H and O–H groups in total. The van der Waals surface area contributed by atoms with Crippen molar-refractivity contribution in [3.63, 3.8) is 0 Å². The number of nitrogens with zero attached hydrogens (tertiary/aromatic N) is 3. The zero-order valence-electron chi connectivity index (χ0n) is 18.5. The fourth-order valence-corrected chi connectivity index (χ4v) is 4.75. The van der Waals surface area contributed by atoms with Crippen LogP contribution in [0.25, 0.3) is 4.96 Å². The van der Waals surface area contributed by atoms with Crippen LogP contribution in [0.3, 0.4) is 0 Å². The predicted molar refractivity (Wildman–Crippen MR) is 124 cm³/mol. The van der Waals surface area contributed by atoms with Crippen molar-refractivity contribution in [2.45, 2.75) is 58.5 Å². The summed E-state index contributed by atoms with van der Waals surface area (Å²) in [5, 5.41) is 7.56. The average Bonchev–Trinajstić information content (AvgIpc) is 3.49. The monoisotopic (exact) mass is 455 g/mol. The first-order valence-electron chi connectivity index (χ1n) is 11.2. The van der Waals surface area contributed by atoms with E-state index in [0.29, 0.717) is 18.2 Å². The van der Waals surface area contributed by atoms with Crippen molar-refractivity contribution in [3.8, 4) is 0 Å².